The number of halogens is 3. The molecule has 0 saturated heterocycles. The van der Waals surface area contributed by atoms with Gasteiger partial charge in [-0.05, 0) is 0 Å². The van der Waals surface area contributed by atoms with Crippen LogP contribution in [0.15, 0.2) is 0 Å². The van der Waals surface area contributed by atoms with Crippen LogP contribution in [0.25, 0.3) is 0 Å². The van der Waals surface area contributed by atoms with Crippen LogP contribution in [0.4, 0.5) is 0 Å². The van der Waals surface area contributed by atoms with Crippen LogP contribution in [0, 0.1) is 0 Å². The predicted octanol–water partition coefficient (Wildman–Crippen LogP) is -12.4. The Bertz CT molecular complexity index is 6.85. The Kier molecular flexibility index (Phi) is 167. The minimum absolute atomic E-state index is 0. The molecule has 0 atom stereocenters. The van der Waals surface area contributed by atoms with Gasteiger partial charge in [0, 0.05) is 0 Å². The minimum atomic E-state index is 0. The molecule has 24 valence electrons. The molecule has 0 aromatic carbocycles. The van der Waals surface area contributed by atoms with E-state index in [0.717, 1.165) is 0 Å². The van der Waals surface area contributed by atoms with Crippen molar-refractivity contribution in [1.82, 2.24) is 0 Å². The third-order valence-corrected chi connectivity index (χ3v) is 0. The van der Waals surface area contributed by atoms with Gasteiger partial charge < -0.3 is 71.9 Å². The molecule has 0 saturated carbocycles. The molecule has 0 aliphatic rings. The number of hydrogen-bond donors (Lipinski definition) is 0. The Morgan fingerprint density at radius 3 is 0.600 bits per heavy atom. The molecule has 0 aliphatic carbocycles. The first kappa shape index (κ1) is 34.8. The van der Waals surface area contributed by atoms with Gasteiger partial charge in [0.1, 0.15) is 0 Å². The van der Waals surface area contributed by atoms with E-state index < -0.39 is 0 Å². The van der Waals surface area contributed by atoms with Crippen molar-refractivity contribution in [3.8, 4) is 0 Å². The van der Waals surface area contributed by atoms with Crippen LogP contribution in [0.5, 0.6) is 0 Å². The van der Waals surface area contributed by atoms with Crippen LogP contribution in [-0.4, -0.2) is 45.5 Å². The topological polar surface area (TPSA) is 0 Å². The van der Waals surface area contributed by atoms with Crippen LogP contribution < -0.4 is 90.8 Å². The van der Waals surface area contributed by atoms with Gasteiger partial charge in [-0.25, -0.2) is 0 Å². The number of rotatable bonds is 0. The largest absolute Gasteiger partial charge is 2.00 e. The fourth-order valence-corrected chi connectivity index (χ4v) is 0. The smallest absolute Gasteiger partial charge is 1.00 e. The van der Waals surface area contributed by atoms with Gasteiger partial charge in [-0.2, -0.15) is 0 Å². The van der Waals surface area contributed by atoms with E-state index in [-0.39, 0.29) is 136 Å². The standard InChI is InChI=1S/3HI.Li.Sr/h3*1H;;/q;;;+1;+2/p-3. The molecule has 0 radical (unpaired) electrons. The third kappa shape index (κ3) is 17.8. The van der Waals surface area contributed by atoms with Gasteiger partial charge in [0.05, 0.1) is 0 Å². The Morgan fingerprint density at radius 2 is 0.600 bits per heavy atom. The van der Waals surface area contributed by atoms with E-state index >= 15 is 0 Å². The summed E-state index contributed by atoms with van der Waals surface area (Å²) in [7, 11) is 0. The summed E-state index contributed by atoms with van der Waals surface area (Å²) in [6.45, 7) is 0. The molecule has 0 heterocycles. The molecule has 0 nitrogen and oxygen atoms in total. The molecule has 0 aromatic rings. The molecule has 0 aromatic heterocycles. The van der Waals surface area contributed by atoms with Gasteiger partial charge in [-0.3, -0.25) is 0 Å². The molecule has 0 rings (SSSR count). The second-order valence-electron chi connectivity index (χ2n) is 0. The quantitative estimate of drug-likeness (QED) is 0.241. The van der Waals surface area contributed by atoms with Crippen molar-refractivity contribution in [2.45, 2.75) is 0 Å². The van der Waals surface area contributed by atoms with Crippen molar-refractivity contribution in [3.05, 3.63) is 0 Å². The zero-order chi connectivity index (χ0) is 0. The van der Waals surface area contributed by atoms with Crippen molar-refractivity contribution in [1.29, 1.82) is 0 Å². The second kappa shape index (κ2) is 24.0. The third-order valence-electron chi connectivity index (χ3n) is 0. The molecule has 0 fully saturated rings. The van der Waals surface area contributed by atoms with Crippen LogP contribution >= 0.6 is 0 Å². The van der Waals surface area contributed by atoms with Crippen LogP contribution in [0.1, 0.15) is 0 Å². The summed E-state index contributed by atoms with van der Waals surface area (Å²) in [5, 5.41) is 0. The van der Waals surface area contributed by atoms with Gasteiger partial charge in [-0.15, -0.1) is 0 Å². The van der Waals surface area contributed by atoms with Crippen molar-refractivity contribution < 1.29 is 90.8 Å². The Morgan fingerprint density at radius 1 is 0.600 bits per heavy atom. The molecule has 0 amide bonds. The summed E-state index contributed by atoms with van der Waals surface area (Å²) < 4.78 is 0. The van der Waals surface area contributed by atoms with Gasteiger partial charge in [0.15, 0.2) is 0 Å². The summed E-state index contributed by atoms with van der Waals surface area (Å²) in [4.78, 5) is 0. The summed E-state index contributed by atoms with van der Waals surface area (Å²) in [6, 6.07) is 0. The molecule has 5 heteroatoms. The molecule has 0 bridgehead atoms. The van der Waals surface area contributed by atoms with Crippen molar-refractivity contribution in [2.75, 3.05) is 0 Å². The van der Waals surface area contributed by atoms with Crippen LogP contribution in [0.2, 0.25) is 0 Å². The zero-order valence-electron chi connectivity index (χ0n) is 2.84. The van der Waals surface area contributed by atoms with Crippen molar-refractivity contribution in [3.63, 3.8) is 0 Å². The Balaban J connectivity index is 0. The first-order valence-electron chi connectivity index (χ1n) is 0. The summed E-state index contributed by atoms with van der Waals surface area (Å²) in [5.41, 5.74) is 0. The average molecular weight is 475 g/mol. The fraction of sp³-hybridized carbons (Fsp3) is 0. The molecular weight excluding hydrogens is 475 g/mol. The van der Waals surface area contributed by atoms with Gasteiger partial charge in [0.25, 0.3) is 0 Å². The molecular formula is I3LiSr. The molecule has 5 heavy (non-hydrogen) atoms. The van der Waals surface area contributed by atoms with E-state index in [4.69, 9.17) is 0 Å². The van der Waals surface area contributed by atoms with E-state index in [0.29, 0.717) is 0 Å². The first-order valence-corrected chi connectivity index (χ1v) is 0. The first-order chi connectivity index (χ1) is 0. The van der Waals surface area contributed by atoms with E-state index in [9.17, 15) is 0 Å². The van der Waals surface area contributed by atoms with Gasteiger partial charge >= 0.3 is 64.3 Å². The second-order valence-corrected chi connectivity index (χ2v) is 0. The van der Waals surface area contributed by atoms with E-state index in [1.54, 1.807) is 0 Å². The van der Waals surface area contributed by atoms with Crippen LogP contribution in [0.3, 0.4) is 0 Å². The predicted molar refractivity (Wildman–Crippen MR) is 5.75 cm³/mol. The minimum Gasteiger partial charge on any atom is -1.00 e. The van der Waals surface area contributed by atoms with Crippen molar-refractivity contribution in [2.24, 2.45) is 0 Å². The maximum absolute atomic E-state index is 0. The summed E-state index contributed by atoms with van der Waals surface area (Å²) >= 11 is 0. The molecule has 0 aliphatic heterocycles. The molecule has 0 unspecified atom stereocenters. The molecule has 0 spiro atoms. The zero-order valence-corrected chi connectivity index (χ0v) is 12.8. The van der Waals surface area contributed by atoms with Gasteiger partial charge in [0.2, 0.25) is 0 Å². The average Bonchev–Trinajstić information content (AvgIpc) is 0. The number of hydrogen-bond acceptors (Lipinski definition) is 0. The summed E-state index contributed by atoms with van der Waals surface area (Å²) in [6.07, 6.45) is 0. The Hall–Kier alpha value is 4.27. The van der Waals surface area contributed by atoms with Gasteiger partial charge in [-0.1, -0.05) is 0 Å². The monoisotopic (exact) mass is 476 g/mol. The normalized spacial score (nSPS) is 0. The SMILES string of the molecule is [I-].[I-].[I-].[Li+].[Sr+2]. The Labute approximate surface area is 132 Å². The summed E-state index contributed by atoms with van der Waals surface area (Å²) in [5.74, 6) is 0. The van der Waals surface area contributed by atoms with Crippen LogP contribution in [-0.2, 0) is 0 Å². The fourth-order valence-electron chi connectivity index (χ4n) is 0. The van der Waals surface area contributed by atoms with Crippen molar-refractivity contribution >= 4 is 45.5 Å². The van der Waals surface area contributed by atoms with E-state index in [1.165, 1.54) is 0 Å². The van der Waals surface area contributed by atoms with E-state index in [2.05, 4.69) is 0 Å². The maximum Gasteiger partial charge on any atom is 2.00 e. The van der Waals surface area contributed by atoms with E-state index in [1.807, 2.05) is 0 Å². The maximum atomic E-state index is 0. The molecule has 0 N–H and O–H groups in total.